The Morgan fingerprint density at radius 1 is 1.17 bits per heavy atom. The van der Waals surface area contributed by atoms with E-state index in [1.807, 2.05) is 24.3 Å². The maximum atomic E-state index is 11.7. The van der Waals surface area contributed by atoms with Crippen LogP contribution in [0.15, 0.2) is 52.6 Å². The fraction of sp³-hybridized carbons (Fsp3) is 0.400. The third-order valence-corrected chi connectivity index (χ3v) is 7.40. The first-order chi connectivity index (χ1) is 17.3. The highest BCUT2D eigenvalue weighted by atomic mass is 35.5. The standard InChI is InChI=1S/C25H29Cl2N5O3S/c1-16(2)23-24(36-20-12-18(26)11-19(27)13-20)32(15-17-3-5-28-6-4-17)22(29-23)14-21(30-25(33)34)31-7-9-35-10-8-31/h3-6,11-13,16,21,30H,7-10,14-15H2,1-2H3,(H,33,34). The first-order valence-corrected chi connectivity index (χ1v) is 13.3. The normalized spacial score (nSPS) is 15.2. The van der Waals surface area contributed by atoms with Gasteiger partial charge >= 0.3 is 6.09 Å². The van der Waals surface area contributed by atoms with Gasteiger partial charge in [0.1, 0.15) is 10.9 Å². The molecule has 0 radical (unpaired) electrons. The average Bonchev–Trinajstić information content (AvgIpc) is 3.16. The van der Waals surface area contributed by atoms with Gasteiger partial charge < -0.3 is 19.7 Å². The van der Waals surface area contributed by atoms with Crippen molar-refractivity contribution in [3.8, 4) is 0 Å². The van der Waals surface area contributed by atoms with Crippen molar-refractivity contribution >= 4 is 41.1 Å². The molecule has 1 unspecified atom stereocenters. The Bertz CT molecular complexity index is 1170. The van der Waals surface area contributed by atoms with Gasteiger partial charge in [0.25, 0.3) is 0 Å². The maximum absolute atomic E-state index is 11.7. The monoisotopic (exact) mass is 549 g/mol. The molecule has 0 spiro atoms. The Kier molecular flexibility index (Phi) is 9.14. The van der Waals surface area contributed by atoms with Crippen molar-refractivity contribution in [1.29, 1.82) is 0 Å². The molecule has 1 fully saturated rings. The van der Waals surface area contributed by atoms with Gasteiger partial charge in [-0.1, -0.05) is 48.8 Å². The lowest BCUT2D eigenvalue weighted by molar-refractivity contribution is 0.00913. The predicted molar refractivity (Wildman–Crippen MR) is 141 cm³/mol. The van der Waals surface area contributed by atoms with Crippen molar-refractivity contribution in [1.82, 2.24) is 24.8 Å². The first kappa shape index (κ1) is 26.8. The molecule has 8 nitrogen and oxygen atoms in total. The second-order valence-corrected chi connectivity index (χ2v) is 10.8. The molecule has 11 heteroatoms. The molecule has 1 saturated heterocycles. The van der Waals surface area contributed by atoms with Crippen LogP contribution in [-0.2, 0) is 17.7 Å². The van der Waals surface area contributed by atoms with Crippen LogP contribution in [-0.4, -0.2) is 63.1 Å². The minimum Gasteiger partial charge on any atom is -0.465 e. The van der Waals surface area contributed by atoms with Gasteiger partial charge in [-0.2, -0.15) is 0 Å². The third-order valence-electron chi connectivity index (χ3n) is 5.87. The smallest absolute Gasteiger partial charge is 0.405 e. The number of benzene rings is 1. The molecule has 1 aliphatic heterocycles. The van der Waals surface area contributed by atoms with Crippen molar-refractivity contribution in [3.05, 3.63) is 69.9 Å². The number of hydrogen-bond donors (Lipinski definition) is 2. The Morgan fingerprint density at radius 3 is 2.44 bits per heavy atom. The number of amides is 1. The van der Waals surface area contributed by atoms with Crippen LogP contribution in [0.4, 0.5) is 4.79 Å². The molecule has 4 rings (SSSR count). The molecule has 3 aromatic rings. The lowest BCUT2D eigenvalue weighted by Gasteiger charge is -2.34. The van der Waals surface area contributed by atoms with Gasteiger partial charge in [0, 0.05) is 53.4 Å². The summed E-state index contributed by atoms with van der Waals surface area (Å²) in [5, 5.41) is 14.4. The Hall–Kier alpha value is -2.30. The first-order valence-electron chi connectivity index (χ1n) is 11.7. The van der Waals surface area contributed by atoms with E-state index in [-0.39, 0.29) is 5.92 Å². The topological polar surface area (TPSA) is 92.5 Å². The summed E-state index contributed by atoms with van der Waals surface area (Å²) in [4.78, 5) is 23.9. The van der Waals surface area contributed by atoms with Crippen LogP contribution >= 0.6 is 35.0 Å². The number of nitrogens with one attached hydrogen (secondary N) is 1. The molecule has 0 bridgehead atoms. The molecule has 0 saturated carbocycles. The van der Waals surface area contributed by atoms with E-state index in [0.29, 0.717) is 49.3 Å². The molecular formula is C25H29Cl2N5O3S. The lowest BCUT2D eigenvalue weighted by atomic mass is 10.1. The van der Waals surface area contributed by atoms with Gasteiger partial charge in [-0.25, -0.2) is 9.78 Å². The average molecular weight is 551 g/mol. The summed E-state index contributed by atoms with van der Waals surface area (Å²) < 4.78 is 7.65. The van der Waals surface area contributed by atoms with Gasteiger partial charge in [0.15, 0.2) is 0 Å². The SMILES string of the molecule is CC(C)c1nc(CC(NC(=O)O)N2CCOCC2)n(Cc2ccncc2)c1Sc1cc(Cl)cc(Cl)c1. The van der Waals surface area contributed by atoms with Crippen LogP contribution in [0, 0.1) is 0 Å². The van der Waals surface area contributed by atoms with Gasteiger partial charge in [-0.3, -0.25) is 9.88 Å². The zero-order chi connectivity index (χ0) is 25.7. The molecule has 1 atom stereocenters. The summed E-state index contributed by atoms with van der Waals surface area (Å²) >= 11 is 14.1. The molecule has 0 aliphatic carbocycles. The van der Waals surface area contributed by atoms with E-state index in [0.717, 1.165) is 27.0 Å². The van der Waals surface area contributed by atoms with Crippen LogP contribution in [0.5, 0.6) is 0 Å². The van der Waals surface area contributed by atoms with Gasteiger partial charge in [-0.15, -0.1) is 0 Å². The Balaban J connectivity index is 1.77. The van der Waals surface area contributed by atoms with Crippen LogP contribution in [0.25, 0.3) is 0 Å². The summed E-state index contributed by atoms with van der Waals surface area (Å²) in [6.07, 6.45) is 2.45. The number of carbonyl (C=O) groups is 1. The van der Waals surface area contributed by atoms with Crippen LogP contribution in [0.2, 0.25) is 10.0 Å². The molecule has 36 heavy (non-hydrogen) atoms. The Labute approximate surface area is 225 Å². The van der Waals surface area contributed by atoms with Crippen LogP contribution in [0.1, 0.15) is 36.8 Å². The highest BCUT2D eigenvalue weighted by Crippen LogP contribution is 2.38. The fourth-order valence-electron chi connectivity index (χ4n) is 4.15. The molecule has 2 N–H and O–H groups in total. The largest absolute Gasteiger partial charge is 0.465 e. The molecule has 1 aromatic carbocycles. The molecule has 1 amide bonds. The number of imidazole rings is 1. The van der Waals surface area contributed by atoms with Crippen molar-refractivity contribution in [2.45, 2.75) is 48.8 Å². The summed E-state index contributed by atoms with van der Waals surface area (Å²) in [6.45, 7) is 7.20. The fourth-order valence-corrected chi connectivity index (χ4v) is 6.07. The number of pyridine rings is 1. The number of aromatic nitrogens is 3. The molecular weight excluding hydrogens is 521 g/mol. The zero-order valence-corrected chi connectivity index (χ0v) is 22.5. The second kappa shape index (κ2) is 12.3. The van der Waals surface area contributed by atoms with E-state index in [1.165, 1.54) is 0 Å². The lowest BCUT2D eigenvalue weighted by Crippen LogP contribution is -2.53. The molecule has 3 heterocycles. The molecule has 1 aliphatic rings. The summed E-state index contributed by atoms with van der Waals surface area (Å²) in [5.41, 5.74) is 2.01. The predicted octanol–water partition coefficient (Wildman–Crippen LogP) is 5.38. The molecule has 192 valence electrons. The van der Waals surface area contributed by atoms with Crippen molar-refractivity contribution in [2.75, 3.05) is 26.3 Å². The van der Waals surface area contributed by atoms with E-state index in [2.05, 4.69) is 33.6 Å². The van der Waals surface area contributed by atoms with E-state index < -0.39 is 12.3 Å². The minimum atomic E-state index is -1.06. The number of halogens is 2. The summed E-state index contributed by atoms with van der Waals surface area (Å²) in [7, 11) is 0. The molecule has 2 aromatic heterocycles. The van der Waals surface area contributed by atoms with E-state index in [1.54, 1.807) is 30.2 Å². The van der Waals surface area contributed by atoms with Crippen molar-refractivity contribution < 1.29 is 14.6 Å². The maximum Gasteiger partial charge on any atom is 0.405 e. The number of nitrogens with zero attached hydrogens (tertiary/aromatic N) is 4. The van der Waals surface area contributed by atoms with E-state index in [4.69, 9.17) is 32.9 Å². The summed E-state index contributed by atoms with van der Waals surface area (Å²) in [6, 6.07) is 9.42. The highest BCUT2D eigenvalue weighted by molar-refractivity contribution is 7.99. The van der Waals surface area contributed by atoms with Crippen molar-refractivity contribution in [3.63, 3.8) is 0 Å². The zero-order valence-electron chi connectivity index (χ0n) is 20.2. The van der Waals surface area contributed by atoms with Gasteiger partial charge in [0.05, 0.1) is 25.1 Å². The van der Waals surface area contributed by atoms with Crippen LogP contribution < -0.4 is 5.32 Å². The highest BCUT2D eigenvalue weighted by Gasteiger charge is 2.28. The van der Waals surface area contributed by atoms with Crippen molar-refractivity contribution in [2.24, 2.45) is 0 Å². The summed E-state index contributed by atoms with van der Waals surface area (Å²) in [5.74, 6) is 0.949. The number of morpholine rings is 1. The number of hydrogen-bond acceptors (Lipinski definition) is 6. The van der Waals surface area contributed by atoms with E-state index in [9.17, 15) is 9.90 Å². The quantitative estimate of drug-likeness (QED) is 0.370. The second-order valence-electron chi connectivity index (χ2n) is 8.84. The number of rotatable bonds is 9. The van der Waals surface area contributed by atoms with Gasteiger partial charge in [0.2, 0.25) is 0 Å². The third kappa shape index (κ3) is 6.92. The van der Waals surface area contributed by atoms with E-state index >= 15 is 0 Å². The minimum absolute atomic E-state index is 0.147. The van der Waals surface area contributed by atoms with Gasteiger partial charge in [-0.05, 0) is 41.8 Å². The van der Waals surface area contributed by atoms with Crippen LogP contribution in [0.3, 0.4) is 0 Å². The number of carboxylic acid groups (broad SMARTS) is 1. The Morgan fingerprint density at radius 2 is 1.83 bits per heavy atom. The number of ether oxygens (including phenoxy) is 1.